The number of para-hydroxylation sites is 2. The summed E-state index contributed by atoms with van der Waals surface area (Å²) in [5.41, 5.74) is 3.16. The summed E-state index contributed by atoms with van der Waals surface area (Å²) in [4.78, 5) is 8.94. The Morgan fingerprint density at radius 1 is 1.20 bits per heavy atom. The van der Waals surface area contributed by atoms with Crippen molar-refractivity contribution in [2.45, 2.75) is 13.0 Å². The summed E-state index contributed by atoms with van der Waals surface area (Å²) in [6, 6.07) is 7.89. The zero-order chi connectivity index (χ0) is 13.9. The SMILES string of the molecule is COCC(C)n1cc(-c2cnc3ccccc3n2)nn1. The van der Waals surface area contributed by atoms with E-state index in [9.17, 15) is 0 Å². The van der Waals surface area contributed by atoms with Gasteiger partial charge >= 0.3 is 0 Å². The molecule has 0 saturated carbocycles. The number of fused-ring (bicyclic) bond motifs is 1. The predicted molar refractivity (Wildman–Crippen MR) is 75.1 cm³/mol. The summed E-state index contributed by atoms with van der Waals surface area (Å²) in [5, 5.41) is 8.26. The van der Waals surface area contributed by atoms with Crippen LogP contribution in [0.15, 0.2) is 36.7 Å². The maximum Gasteiger partial charge on any atom is 0.133 e. The summed E-state index contributed by atoms with van der Waals surface area (Å²) in [6.07, 6.45) is 3.58. The van der Waals surface area contributed by atoms with Crippen LogP contribution in [0.25, 0.3) is 22.4 Å². The molecule has 6 nitrogen and oxygen atoms in total. The number of methoxy groups -OCH3 is 1. The molecule has 0 amide bonds. The van der Waals surface area contributed by atoms with E-state index in [2.05, 4.69) is 20.3 Å². The molecule has 1 unspecified atom stereocenters. The Bertz CT molecular complexity index is 724. The first-order valence-electron chi connectivity index (χ1n) is 6.41. The van der Waals surface area contributed by atoms with Gasteiger partial charge in [-0.05, 0) is 19.1 Å². The number of ether oxygens (including phenoxy) is 1. The highest BCUT2D eigenvalue weighted by Gasteiger charge is 2.10. The lowest BCUT2D eigenvalue weighted by Crippen LogP contribution is -2.11. The van der Waals surface area contributed by atoms with E-state index < -0.39 is 0 Å². The molecule has 20 heavy (non-hydrogen) atoms. The van der Waals surface area contributed by atoms with Crippen molar-refractivity contribution < 1.29 is 4.74 Å². The lowest BCUT2D eigenvalue weighted by atomic mass is 10.2. The maximum absolute atomic E-state index is 5.11. The van der Waals surface area contributed by atoms with Crippen LogP contribution >= 0.6 is 0 Å². The predicted octanol–water partition coefficient (Wildman–Crippen LogP) is 2.10. The molecule has 1 aromatic carbocycles. The molecule has 1 atom stereocenters. The third kappa shape index (κ3) is 2.37. The first-order valence-corrected chi connectivity index (χ1v) is 6.41. The number of hydrogen-bond donors (Lipinski definition) is 0. The van der Waals surface area contributed by atoms with Crippen LogP contribution in [0.1, 0.15) is 13.0 Å². The Morgan fingerprint density at radius 2 is 2.00 bits per heavy atom. The summed E-state index contributed by atoms with van der Waals surface area (Å²) < 4.78 is 6.89. The van der Waals surface area contributed by atoms with Crippen LogP contribution in [0.5, 0.6) is 0 Å². The van der Waals surface area contributed by atoms with Crippen molar-refractivity contribution in [2.24, 2.45) is 0 Å². The number of benzene rings is 1. The number of aromatic nitrogens is 5. The Hall–Kier alpha value is -2.34. The van der Waals surface area contributed by atoms with E-state index in [-0.39, 0.29) is 6.04 Å². The highest BCUT2D eigenvalue weighted by molar-refractivity contribution is 5.76. The minimum Gasteiger partial charge on any atom is -0.382 e. The summed E-state index contributed by atoms with van der Waals surface area (Å²) in [7, 11) is 1.67. The van der Waals surface area contributed by atoms with Crippen molar-refractivity contribution >= 4 is 11.0 Å². The van der Waals surface area contributed by atoms with Gasteiger partial charge in [0.05, 0.1) is 36.1 Å². The summed E-state index contributed by atoms with van der Waals surface area (Å²) in [6.45, 7) is 2.61. The standard InChI is InChI=1S/C14H15N5O/c1-10(9-20-2)19-8-14(17-18-19)13-7-15-11-5-3-4-6-12(11)16-13/h3-8,10H,9H2,1-2H3. The molecule has 3 rings (SSSR count). The van der Waals surface area contributed by atoms with Gasteiger partial charge in [0.15, 0.2) is 0 Å². The van der Waals surface area contributed by atoms with Crippen LogP contribution in [-0.4, -0.2) is 38.7 Å². The third-order valence-electron chi connectivity index (χ3n) is 3.08. The molecule has 0 radical (unpaired) electrons. The molecule has 0 aliphatic carbocycles. The zero-order valence-corrected chi connectivity index (χ0v) is 11.4. The van der Waals surface area contributed by atoms with Gasteiger partial charge in [-0.3, -0.25) is 4.98 Å². The first kappa shape index (κ1) is 12.7. The Kier molecular flexibility index (Phi) is 3.39. The molecule has 0 spiro atoms. The lowest BCUT2D eigenvalue weighted by molar-refractivity contribution is 0.156. The van der Waals surface area contributed by atoms with Gasteiger partial charge in [-0.25, -0.2) is 9.67 Å². The molecule has 0 bridgehead atoms. The van der Waals surface area contributed by atoms with Crippen molar-refractivity contribution in [3.05, 3.63) is 36.7 Å². The monoisotopic (exact) mass is 269 g/mol. The van der Waals surface area contributed by atoms with E-state index in [1.165, 1.54) is 0 Å². The van der Waals surface area contributed by atoms with Gasteiger partial charge in [-0.2, -0.15) is 0 Å². The molecule has 0 fully saturated rings. The summed E-state index contributed by atoms with van der Waals surface area (Å²) >= 11 is 0. The highest BCUT2D eigenvalue weighted by Crippen LogP contribution is 2.17. The fourth-order valence-electron chi connectivity index (χ4n) is 2.01. The van der Waals surface area contributed by atoms with Crippen LogP contribution < -0.4 is 0 Å². The molecule has 0 aliphatic heterocycles. The number of hydrogen-bond acceptors (Lipinski definition) is 5. The van der Waals surface area contributed by atoms with Gasteiger partial charge in [0.2, 0.25) is 0 Å². The van der Waals surface area contributed by atoms with Crippen LogP contribution in [0, 0.1) is 0 Å². The maximum atomic E-state index is 5.11. The highest BCUT2D eigenvalue weighted by atomic mass is 16.5. The van der Waals surface area contributed by atoms with E-state index in [1.54, 1.807) is 18.0 Å². The van der Waals surface area contributed by atoms with Crippen molar-refractivity contribution in [3.63, 3.8) is 0 Å². The molecule has 102 valence electrons. The Morgan fingerprint density at radius 3 is 2.80 bits per heavy atom. The Balaban J connectivity index is 1.94. The normalized spacial score (nSPS) is 12.7. The molecule has 2 heterocycles. The second kappa shape index (κ2) is 5.34. The van der Waals surface area contributed by atoms with Crippen molar-refractivity contribution in [1.82, 2.24) is 25.0 Å². The van der Waals surface area contributed by atoms with Gasteiger partial charge < -0.3 is 4.74 Å². The Labute approximate surface area is 116 Å². The lowest BCUT2D eigenvalue weighted by Gasteiger charge is -2.08. The molecular formula is C14H15N5O. The van der Waals surface area contributed by atoms with Crippen LogP contribution in [-0.2, 0) is 4.74 Å². The topological polar surface area (TPSA) is 65.7 Å². The fraction of sp³-hybridized carbons (Fsp3) is 0.286. The summed E-state index contributed by atoms with van der Waals surface area (Å²) in [5.74, 6) is 0. The van der Waals surface area contributed by atoms with Crippen molar-refractivity contribution in [3.8, 4) is 11.4 Å². The van der Waals surface area contributed by atoms with Crippen LogP contribution in [0.4, 0.5) is 0 Å². The molecule has 0 aliphatic rings. The fourth-order valence-corrected chi connectivity index (χ4v) is 2.01. The minimum absolute atomic E-state index is 0.134. The number of nitrogens with zero attached hydrogens (tertiary/aromatic N) is 5. The molecule has 3 aromatic rings. The van der Waals surface area contributed by atoms with Crippen LogP contribution in [0.3, 0.4) is 0 Å². The van der Waals surface area contributed by atoms with Gasteiger partial charge in [-0.15, -0.1) is 5.10 Å². The molecule has 6 heteroatoms. The van der Waals surface area contributed by atoms with Gasteiger partial charge in [0.25, 0.3) is 0 Å². The van der Waals surface area contributed by atoms with E-state index in [1.807, 2.05) is 37.4 Å². The first-order chi connectivity index (χ1) is 9.78. The average Bonchev–Trinajstić information content (AvgIpc) is 2.97. The third-order valence-corrected chi connectivity index (χ3v) is 3.08. The second-order valence-electron chi connectivity index (χ2n) is 4.63. The molecular weight excluding hydrogens is 254 g/mol. The van der Waals surface area contributed by atoms with Crippen molar-refractivity contribution in [1.29, 1.82) is 0 Å². The van der Waals surface area contributed by atoms with Gasteiger partial charge in [0.1, 0.15) is 11.4 Å². The van der Waals surface area contributed by atoms with E-state index in [0.717, 1.165) is 16.7 Å². The second-order valence-corrected chi connectivity index (χ2v) is 4.63. The largest absolute Gasteiger partial charge is 0.382 e. The zero-order valence-electron chi connectivity index (χ0n) is 11.4. The van der Waals surface area contributed by atoms with Gasteiger partial charge in [-0.1, -0.05) is 17.3 Å². The van der Waals surface area contributed by atoms with E-state index in [4.69, 9.17) is 4.74 Å². The van der Waals surface area contributed by atoms with Gasteiger partial charge in [0, 0.05) is 7.11 Å². The smallest absolute Gasteiger partial charge is 0.133 e. The van der Waals surface area contributed by atoms with E-state index in [0.29, 0.717) is 12.3 Å². The average molecular weight is 269 g/mol. The minimum atomic E-state index is 0.134. The molecule has 0 saturated heterocycles. The van der Waals surface area contributed by atoms with Crippen LogP contribution in [0.2, 0.25) is 0 Å². The van der Waals surface area contributed by atoms with Crippen molar-refractivity contribution in [2.75, 3.05) is 13.7 Å². The number of rotatable bonds is 4. The molecule has 0 N–H and O–H groups in total. The van der Waals surface area contributed by atoms with E-state index >= 15 is 0 Å². The quantitative estimate of drug-likeness (QED) is 0.725. The molecule has 2 aromatic heterocycles.